The van der Waals surface area contributed by atoms with Crippen LogP contribution in [0.15, 0.2) is 16.7 Å². The van der Waals surface area contributed by atoms with Gasteiger partial charge in [0.2, 0.25) is 0 Å². The maximum absolute atomic E-state index is 9.84. The molecule has 1 heterocycles. The minimum atomic E-state index is -0.443. The van der Waals surface area contributed by atoms with Gasteiger partial charge in [0.05, 0.1) is 18.8 Å². The van der Waals surface area contributed by atoms with E-state index in [4.69, 9.17) is 4.74 Å². The lowest BCUT2D eigenvalue weighted by molar-refractivity contribution is -0.00652. The summed E-state index contributed by atoms with van der Waals surface area (Å²) in [5.41, 5.74) is 1.21. The summed E-state index contributed by atoms with van der Waals surface area (Å²) < 4.78 is 8.55. The van der Waals surface area contributed by atoms with E-state index in [0.29, 0.717) is 13.2 Å². The molecule has 0 spiro atoms. The zero-order chi connectivity index (χ0) is 13.7. The van der Waals surface area contributed by atoms with Crippen LogP contribution in [-0.4, -0.2) is 47.0 Å². The van der Waals surface area contributed by atoms with Crippen molar-refractivity contribution in [3.05, 3.63) is 22.4 Å². The van der Waals surface area contributed by atoms with Gasteiger partial charge in [0.25, 0.3) is 0 Å². The molecule has 0 aromatic carbocycles. The number of ether oxygens (including phenoxy) is 1. The van der Waals surface area contributed by atoms with Crippen LogP contribution in [0.4, 0.5) is 0 Å². The van der Waals surface area contributed by atoms with Crippen molar-refractivity contribution in [1.82, 2.24) is 9.47 Å². The van der Waals surface area contributed by atoms with Gasteiger partial charge in [0.15, 0.2) is 0 Å². The van der Waals surface area contributed by atoms with Crippen molar-refractivity contribution in [2.24, 2.45) is 7.05 Å². The van der Waals surface area contributed by atoms with E-state index in [9.17, 15) is 5.11 Å². The van der Waals surface area contributed by atoms with E-state index in [0.717, 1.165) is 11.0 Å². The van der Waals surface area contributed by atoms with Gasteiger partial charge in [0.1, 0.15) is 0 Å². The Morgan fingerprint density at radius 1 is 1.50 bits per heavy atom. The molecule has 5 heteroatoms. The van der Waals surface area contributed by atoms with E-state index in [1.54, 1.807) is 0 Å². The van der Waals surface area contributed by atoms with E-state index >= 15 is 0 Å². The van der Waals surface area contributed by atoms with E-state index in [2.05, 4.69) is 31.5 Å². The number of aromatic nitrogens is 1. The molecule has 18 heavy (non-hydrogen) atoms. The first kappa shape index (κ1) is 15.7. The molecular formula is C13H23BrN2O2. The third kappa shape index (κ3) is 5.52. The van der Waals surface area contributed by atoms with Crippen molar-refractivity contribution in [2.75, 3.05) is 20.2 Å². The zero-order valence-corrected chi connectivity index (χ0v) is 13.1. The average Bonchev–Trinajstić information content (AvgIpc) is 2.54. The van der Waals surface area contributed by atoms with Gasteiger partial charge in [0, 0.05) is 36.5 Å². The molecule has 0 aliphatic heterocycles. The topological polar surface area (TPSA) is 37.6 Å². The standard InChI is InChI=1S/C13H23BrN2O2/c1-10(2)18-9-13(17)8-15(3)7-12-5-11(14)6-16(12)4/h5-6,10,13,17H,7-9H2,1-4H3. The quantitative estimate of drug-likeness (QED) is 0.835. The highest BCUT2D eigenvalue weighted by Gasteiger charge is 2.11. The maximum Gasteiger partial charge on any atom is 0.0900 e. The number of aryl methyl sites for hydroxylation is 1. The molecule has 0 aliphatic carbocycles. The summed E-state index contributed by atoms with van der Waals surface area (Å²) in [6.45, 7) is 5.74. The van der Waals surface area contributed by atoms with Crippen LogP contribution in [0.2, 0.25) is 0 Å². The summed E-state index contributed by atoms with van der Waals surface area (Å²) in [6.07, 6.45) is 1.75. The molecule has 0 bridgehead atoms. The number of hydrogen-bond donors (Lipinski definition) is 1. The first-order valence-electron chi connectivity index (χ1n) is 6.17. The lowest BCUT2D eigenvalue weighted by Crippen LogP contribution is -2.33. The zero-order valence-electron chi connectivity index (χ0n) is 11.6. The van der Waals surface area contributed by atoms with Crippen LogP contribution in [-0.2, 0) is 18.3 Å². The Morgan fingerprint density at radius 3 is 2.67 bits per heavy atom. The molecule has 0 saturated heterocycles. The summed E-state index contributed by atoms with van der Waals surface area (Å²) in [4.78, 5) is 2.09. The average molecular weight is 319 g/mol. The summed E-state index contributed by atoms with van der Waals surface area (Å²) in [7, 11) is 4.02. The van der Waals surface area contributed by atoms with Crippen molar-refractivity contribution in [1.29, 1.82) is 0 Å². The number of nitrogens with zero attached hydrogens (tertiary/aromatic N) is 2. The van der Waals surface area contributed by atoms with E-state index in [1.165, 1.54) is 5.69 Å². The molecule has 1 atom stereocenters. The third-order valence-corrected chi connectivity index (χ3v) is 3.08. The van der Waals surface area contributed by atoms with Crippen molar-refractivity contribution < 1.29 is 9.84 Å². The Balaban J connectivity index is 2.37. The van der Waals surface area contributed by atoms with Crippen LogP contribution in [0.3, 0.4) is 0 Å². The second kappa shape index (κ2) is 7.28. The van der Waals surface area contributed by atoms with Crippen LogP contribution >= 0.6 is 15.9 Å². The highest BCUT2D eigenvalue weighted by atomic mass is 79.9. The largest absolute Gasteiger partial charge is 0.389 e. The number of halogens is 1. The molecule has 1 unspecified atom stereocenters. The van der Waals surface area contributed by atoms with Crippen LogP contribution in [0, 0.1) is 0 Å². The number of rotatable bonds is 7. The van der Waals surface area contributed by atoms with Gasteiger partial charge in [-0.3, -0.25) is 4.90 Å². The van der Waals surface area contributed by atoms with Gasteiger partial charge >= 0.3 is 0 Å². The first-order chi connectivity index (χ1) is 8.38. The first-order valence-corrected chi connectivity index (χ1v) is 6.96. The Bertz CT molecular complexity index is 366. The minimum absolute atomic E-state index is 0.161. The molecule has 1 aromatic heterocycles. The van der Waals surface area contributed by atoms with E-state index in [-0.39, 0.29) is 6.10 Å². The van der Waals surface area contributed by atoms with Crippen LogP contribution in [0.25, 0.3) is 0 Å². The minimum Gasteiger partial charge on any atom is -0.389 e. The molecule has 1 rings (SSSR count). The highest BCUT2D eigenvalue weighted by molar-refractivity contribution is 9.10. The highest BCUT2D eigenvalue weighted by Crippen LogP contribution is 2.14. The SMILES string of the molecule is CC(C)OCC(O)CN(C)Cc1cc(Br)cn1C. The summed E-state index contributed by atoms with van der Waals surface area (Å²) in [5.74, 6) is 0. The van der Waals surface area contributed by atoms with Crippen molar-refractivity contribution in [3.8, 4) is 0 Å². The van der Waals surface area contributed by atoms with Crippen LogP contribution in [0.5, 0.6) is 0 Å². The van der Waals surface area contributed by atoms with E-state index < -0.39 is 6.10 Å². The van der Waals surface area contributed by atoms with Crippen molar-refractivity contribution >= 4 is 15.9 Å². The normalized spacial score (nSPS) is 13.6. The second-order valence-corrected chi connectivity index (χ2v) is 5.91. The van der Waals surface area contributed by atoms with Crippen molar-refractivity contribution in [2.45, 2.75) is 32.6 Å². The predicted molar refractivity (Wildman–Crippen MR) is 76.5 cm³/mol. The smallest absolute Gasteiger partial charge is 0.0900 e. The number of likely N-dealkylation sites (N-methyl/N-ethyl adjacent to an activating group) is 1. The number of aliphatic hydroxyl groups is 1. The third-order valence-electron chi connectivity index (χ3n) is 2.65. The van der Waals surface area contributed by atoms with Crippen molar-refractivity contribution in [3.63, 3.8) is 0 Å². The van der Waals surface area contributed by atoms with Crippen LogP contribution in [0.1, 0.15) is 19.5 Å². The maximum atomic E-state index is 9.84. The monoisotopic (exact) mass is 318 g/mol. The van der Waals surface area contributed by atoms with Gasteiger partial charge in [-0.1, -0.05) is 0 Å². The molecule has 0 amide bonds. The number of hydrogen-bond acceptors (Lipinski definition) is 3. The van der Waals surface area contributed by atoms with Gasteiger partial charge < -0.3 is 14.4 Å². The summed E-state index contributed by atoms with van der Waals surface area (Å²) in [6, 6.07) is 2.09. The molecule has 0 saturated carbocycles. The summed E-state index contributed by atoms with van der Waals surface area (Å²) in [5, 5.41) is 9.84. The fraction of sp³-hybridized carbons (Fsp3) is 0.692. The molecule has 1 N–H and O–H groups in total. The Hall–Kier alpha value is -0.360. The fourth-order valence-electron chi connectivity index (χ4n) is 1.78. The van der Waals surface area contributed by atoms with Crippen LogP contribution < -0.4 is 0 Å². The fourth-order valence-corrected chi connectivity index (χ4v) is 2.35. The van der Waals surface area contributed by atoms with Gasteiger partial charge in [-0.25, -0.2) is 0 Å². The lowest BCUT2D eigenvalue weighted by Gasteiger charge is -2.21. The Kier molecular flexibility index (Phi) is 6.35. The van der Waals surface area contributed by atoms with Gasteiger partial charge in [-0.05, 0) is 42.9 Å². The summed E-state index contributed by atoms with van der Waals surface area (Å²) >= 11 is 3.46. The molecule has 104 valence electrons. The Morgan fingerprint density at radius 2 is 2.17 bits per heavy atom. The molecule has 4 nitrogen and oxygen atoms in total. The molecular weight excluding hydrogens is 296 g/mol. The number of aliphatic hydroxyl groups excluding tert-OH is 1. The molecule has 0 aliphatic rings. The molecule has 0 fully saturated rings. The van der Waals surface area contributed by atoms with E-state index in [1.807, 2.05) is 34.1 Å². The Labute approximate surface area is 118 Å². The second-order valence-electron chi connectivity index (χ2n) is 4.99. The molecule has 1 aromatic rings. The lowest BCUT2D eigenvalue weighted by atomic mass is 10.3. The molecule has 0 radical (unpaired) electrons. The van der Waals surface area contributed by atoms with Gasteiger partial charge in [-0.15, -0.1) is 0 Å². The van der Waals surface area contributed by atoms with Gasteiger partial charge in [-0.2, -0.15) is 0 Å². The predicted octanol–water partition coefficient (Wildman–Crippen LogP) is 2.01.